The van der Waals surface area contributed by atoms with E-state index in [1.54, 1.807) is 7.11 Å². The molecule has 2 aromatic heterocycles. The van der Waals surface area contributed by atoms with Gasteiger partial charge in [0.15, 0.2) is 0 Å². The Kier molecular flexibility index (Phi) is 44.9. The number of aliphatic hydroxyl groups excluding tert-OH is 3. The maximum atomic E-state index is 13.4. The van der Waals surface area contributed by atoms with Crippen molar-refractivity contribution in [3.05, 3.63) is 60.2 Å². The molecule has 12 nitrogen and oxygen atoms in total. The smallest absolute Gasteiger partial charge is 0.146 e. The Morgan fingerprint density at radius 2 is 0.733 bits per heavy atom. The first-order valence-electron chi connectivity index (χ1n) is 62.6. The molecule has 836 valence electrons. The molecule has 0 saturated heterocycles. The highest BCUT2D eigenvalue weighted by Crippen LogP contribution is 2.74. The predicted molar refractivity (Wildman–Crippen MR) is 611 cm³/mol. The Hall–Kier alpha value is -2.97. The quantitative estimate of drug-likeness (QED) is 0.0318. The minimum absolute atomic E-state index is 0. The third kappa shape index (κ3) is 27.3. The van der Waals surface area contributed by atoms with E-state index in [2.05, 4.69) is 172 Å². The number of methoxy groups -OCH3 is 1. The van der Waals surface area contributed by atoms with Crippen LogP contribution in [-0.4, -0.2) is 100 Å². The fourth-order valence-corrected chi connectivity index (χ4v) is 39.7. The van der Waals surface area contributed by atoms with Gasteiger partial charge >= 0.3 is 0 Å². The summed E-state index contributed by atoms with van der Waals surface area (Å²) in [4.78, 5) is 46.6. The molecule has 0 spiro atoms. The van der Waals surface area contributed by atoms with Gasteiger partial charge in [-0.25, -0.2) is 0 Å². The lowest BCUT2D eigenvalue weighted by atomic mass is 9.43. The van der Waals surface area contributed by atoms with Crippen LogP contribution in [0.15, 0.2) is 48.8 Å². The summed E-state index contributed by atoms with van der Waals surface area (Å²) in [6, 6.07) is 13.0. The van der Waals surface area contributed by atoms with Crippen LogP contribution in [0.3, 0.4) is 0 Å². The number of aliphatic hydroxyl groups is 3. The second-order valence-electron chi connectivity index (χ2n) is 57.8. The third-order valence-electron chi connectivity index (χ3n) is 47.9. The number of ether oxygens (including phenoxy) is 2. The Morgan fingerprint density at radius 1 is 0.370 bits per heavy atom. The highest BCUT2D eigenvalue weighted by atomic mass is 16.7. The third-order valence-corrected chi connectivity index (χ3v) is 47.9. The van der Waals surface area contributed by atoms with Crippen molar-refractivity contribution in [2.45, 2.75) is 531 Å². The van der Waals surface area contributed by atoms with Crippen molar-refractivity contribution in [3.63, 3.8) is 0 Å². The van der Waals surface area contributed by atoms with E-state index in [0.717, 1.165) is 191 Å². The molecule has 16 fully saturated rings. The molecule has 6 N–H and O–H groups in total. The molecule has 16 aliphatic carbocycles. The maximum absolute atomic E-state index is 13.4. The molecule has 0 aromatic carbocycles. The van der Waals surface area contributed by atoms with Gasteiger partial charge in [0.2, 0.25) is 0 Å². The zero-order valence-electron chi connectivity index (χ0n) is 96.8. The highest BCUT2D eigenvalue weighted by molar-refractivity contribution is 5.86. The van der Waals surface area contributed by atoms with E-state index in [1.807, 2.05) is 30.6 Å². The Labute approximate surface area is 898 Å². The highest BCUT2D eigenvalue weighted by Gasteiger charge is 2.69. The van der Waals surface area contributed by atoms with Crippen molar-refractivity contribution < 1.29 is 39.2 Å². The summed E-state index contributed by atoms with van der Waals surface area (Å²) in [6.45, 7) is 52.0. The summed E-state index contributed by atoms with van der Waals surface area (Å²) in [6.07, 6.45) is 70.0. The minimum Gasteiger partial charge on any atom is -0.393 e. The SMILES string of the molecule is C.C.CC(C)CCC[C@@H](C)[C@H]1CC[C@H]2[C@@H]3C(=O)C[C@@H]4CC(=O)CC[C@]4(C)[C@H]3CC[C@]12C.CC(C)CCC[C@H](C)[C@H]1CC[C@H]2[C@@H]3[C@H](O)CC4C[C@@H](NCCCCCCc5ccccn5)CC[C@]4(C)[C@H]3CC[C@]12C.CC(C)CCC[C@H](C)[C@H]1CC[C@H]2[C@@H]3[C@H](O)C[C@@H]4C[C@H](O)CC[C@]4(C)[C@H]3CC[C@]12C.COCO[C@@H]1C[C@@H]2CC(=O)CC[C@]2(C)[C@H]2CC[C@]3(C)[C@@H]([C@H](C)CCCC(C)C)CC[C@H]3[C@H]12.NCCCCCCc1ccccn1. The number of fused-ring (bicyclic) bond motifs is 20. The van der Waals surface area contributed by atoms with Gasteiger partial charge in [-0.1, -0.05) is 268 Å². The van der Waals surface area contributed by atoms with Crippen LogP contribution in [0.1, 0.15) is 499 Å². The topological polar surface area (TPSA) is 194 Å². The number of aromatic nitrogens is 2. The second kappa shape index (κ2) is 53.9. The predicted octanol–water partition coefficient (Wildman–Crippen LogP) is 33.2. The molecule has 12 heteroatoms. The molecule has 0 aliphatic heterocycles. The molecular formula is C134H232N4O8. The van der Waals surface area contributed by atoms with Gasteiger partial charge in [0.25, 0.3) is 0 Å². The molecule has 1 unspecified atom stereocenters. The van der Waals surface area contributed by atoms with Crippen LogP contribution < -0.4 is 11.1 Å². The molecule has 16 saturated carbocycles. The number of nitrogens with zero attached hydrogens (tertiary/aromatic N) is 2. The fraction of sp³-hybridized carbons (Fsp3) is 0.903. The van der Waals surface area contributed by atoms with Gasteiger partial charge in [-0.05, 0) is 452 Å². The molecule has 37 atom stereocenters. The van der Waals surface area contributed by atoms with Gasteiger partial charge in [0, 0.05) is 75.0 Å². The monoisotopic (exact) mass is 2030 g/mol. The summed E-state index contributed by atoms with van der Waals surface area (Å²) in [5, 5.41) is 37.4. The van der Waals surface area contributed by atoms with Gasteiger partial charge in [-0.2, -0.15) is 0 Å². The number of nitrogens with two attached hydrogens (primary N) is 1. The minimum atomic E-state index is -0.136. The van der Waals surface area contributed by atoms with Crippen LogP contribution in [0.2, 0.25) is 0 Å². The summed E-state index contributed by atoms with van der Waals surface area (Å²) >= 11 is 0. The first kappa shape index (κ1) is 122. The standard InChI is InChI=1S/C38H64N2O.C29H50O3.C27H48O2.C27H44O2.C11H18N2.2CH4/c1-27(2)13-12-14-28(3)32-17-18-33-36-34(20-22-38(32,33)5)37(4)21-19-31(25-29(37)26-35(36)41)40-23-10-7-6-8-15-30-16-9-11-24-39-30;1-19(2)8-7-9-20(3)23-10-11-24-27-25(13-15-29(23,24)5)28(4)14-12-22(30)16-21(28)17-26(27)32-18-31-6;2*1-17(2)7-6-8-18(3)21-9-10-22-25-23(12-14-27(21,22)5)26(4)13-11-20(28)15-19(26)16-24(25)29;12-9-5-2-1-3-7-11-8-4-6-10-13-11;;/h9,11,16,24,27-29,31-36,40-41H,6-8,10,12-15,17-23,25-26H2,1-5H3;19-21,23-27H,7-18H2,1-6H3;17-25,28-29H,6-16H2,1-5H3;17-19,21-23,25H,6-16H2,1-5H3;4,6,8,10H,1-3,5,7,9,12H2;2*1H4/t28-,29?,31-,32+,33-,34-,35+,36-,37-,38+;20-,21+,23-,24+,25+,26-,27+,28+,29-;18-,19-,20+,21+,22-,23-,24+,25-,26-,27+;18-,19+,21-,22+,23+,25+,26+,27-;;;/m0101.../s1. The van der Waals surface area contributed by atoms with E-state index in [0.29, 0.717) is 146 Å². The van der Waals surface area contributed by atoms with Crippen molar-refractivity contribution in [2.24, 2.45) is 215 Å². The van der Waals surface area contributed by atoms with E-state index < -0.39 is 0 Å². The molecule has 16 aliphatic rings. The van der Waals surface area contributed by atoms with E-state index in [4.69, 9.17) is 15.2 Å². The normalized spacial score (nSPS) is 40.9. The summed E-state index contributed by atoms with van der Waals surface area (Å²) < 4.78 is 11.8. The molecule has 2 heterocycles. The summed E-state index contributed by atoms with van der Waals surface area (Å²) in [5.74, 6) is 20.9. The van der Waals surface area contributed by atoms with Crippen LogP contribution >= 0.6 is 0 Å². The largest absolute Gasteiger partial charge is 0.393 e. The van der Waals surface area contributed by atoms with Crippen LogP contribution in [0.5, 0.6) is 0 Å². The average Bonchev–Trinajstić information content (AvgIpc) is 1.48. The number of ketones is 3. The van der Waals surface area contributed by atoms with Gasteiger partial charge in [-0.15, -0.1) is 0 Å². The Bertz CT molecular complexity index is 4210. The Morgan fingerprint density at radius 3 is 1.16 bits per heavy atom. The number of aryl methyl sites for hydroxylation is 2. The fourth-order valence-electron chi connectivity index (χ4n) is 39.7. The Balaban J connectivity index is 0.000000167. The number of carbonyl (C=O) groups is 3. The van der Waals surface area contributed by atoms with Crippen LogP contribution in [-0.2, 0) is 36.7 Å². The van der Waals surface area contributed by atoms with Crippen LogP contribution in [0.4, 0.5) is 0 Å². The van der Waals surface area contributed by atoms with Crippen LogP contribution in [0, 0.1) is 209 Å². The first-order chi connectivity index (χ1) is 68.7. The zero-order valence-corrected chi connectivity index (χ0v) is 96.8. The number of hydrogen-bond donors (Lipinski definition) is 5. The lowest BCUT2D eigenvalue weighted by molar-refractivity contribution is -0.201. The van der Waals surface area contributed by atoms with E-state index in [-0.39, 0.29) is 50.6 Å². The lowest BCUT2D eigenvalue weighted by Gasteiger charge is -2.62. The molecule has 0 radical (unpaired) electrons. The van der Waals surface area contributed by atoms with E-state index in [1.165, 1.54) is 262 Å². The molecule has 0 bridgehead atoms. The number of carbonyl (C=O) groups excluding carboxylic acids is 3. The first-order valence-corrected chi connectivity index (χ1v) is 62.6. The molecule has 18 rings (SSSR count). The molecular weight excluding hydrogens is 1790 g/mol. The van der Waals surface area contributed by atoms with Gasteiger partial charge in [-0.3, -0.25) is 24.4 Å². The molecule has 146 heavy (non-hydrogen) atoms. The maximum Gasteiger partial charge on any atom is 0.146 e. The average molecular weight is 2030 g/mol. The van der Waals surface area contributed by atoms with Gasteiger partial charge in [0.05, 0.1) is 24.4 Å². The summed E-state index contributed by atoms with van der Waals surface area (Å²) in [7, 11) is 1.74. The van der Waals surface area contributed by atoms with Crippen molar-refractivity contribution in [1.82, 2.24) is 15.3 Å². The number of nitrogens with one attached hydrogen (secondary N) is 1. The van der Waals surface area contributed by atoms with Crippen molar-refractivity contribution in [3.8, 4) is 0 Å². The molecule has 0 amide bonds. The van der Waals surface area contributed by atoms with Crippen molar-refractivity contribution >= 4 is 17.3 Å². The van der Waals surface area contributed by atoms with Gasteiger partial charge in [0.1, 0.15) is 24.1 Å². The zero-order chi connectivity index (χ0) is 103. The molecule has 2 aromatic rings. The van der Waals surface area contributed by atoms with E-state index >= 15 is 0 Å². The van der Waals surface area contributed by atoms with Gasteiger partial charge < -0.3 is 35.8 Å². The summed E-state index contributed by atoms with van der Waals surface area (Å²) in [5.41, 5.74) is 10.9. The second-order valence-corrected chi connectivity index (χ2v) is 57.8. The number of Topliss-reactive ketones (excluding diaryl/α,β-unsaturated/α-hetero) is 3. The van der Waals surface area contributed by atoms with Crippen molar-refractivity contribution in [1.29, 1.82) is 0 Å². The number of hydrogen-bond acceptors (Lipinski definition) is 12. The number of pyridine rings is 2. The van der Waals surface area contributed by atoms with Crippen molar-refractivity contribution in [2.75, 3.05) is 27.0 Å². The van der Waals surface area contributed by atoms with E-state index in [9.17, 15) is 29.7 Å². The lowest BCUT2D eigenvalue weighted by Crippen LogP contribution is -2.59. The van der Waals surface area contributed by atoms with Crippen LogP contribution in [0.25, 0.3) is 0 Å². The number of rotatable bonds is 37. The number of unbranched alkanes of at least 4 members (excludes halogenated alkanes) is 6.